The van der Waals surface area contributed by atoms with Crippen molar-refractivity contribution >= 4 is 11.5 Å². The van der Waals surface area contributed by atoms with Gasteiger partial charge in [0.05, 0.1) is 10.5 Å². The Labute approximate surface area is 121 Å². The topological polar surface area (TPSA) is 113 Å². The molecule has 0 spiro atoms. The number of nitrogens with zero attached hydrogens (tertiary/aromatic N) is 3. The van der Waals surface area contributed by atoms with Crippen molar-refractivity contribution < 1.29 is 20.0 Å². The Balaban J connectivity index is 2.60. The van der Waals surface area contributed by atoms with Crippen LogP contribution in [0, 0.1) is 15.3 Å². The van der Waals surface area contributed by atoms with E-state index in [-0.39, 0.29) is 11.4 Å². The molecule has 8 nitrogen and oxygen atoms in total. The highest BCUT2D eigenvalue weighted by Crippen LogP contribution is 2.38. The molecule has 1 aliphatic heterocycles. The highest BCUT2D eigenvalue weighted by atomic mass is 16.6. The number of aromatic hydroxyl groups is 1. The lowest BCUT2D eigenvalue weighted by molar-refractivity contribution is -0.539. The summed E-state index contributed by atoms with van der Waals surface area (Å²) in [6.07, 6.45) is 0. The average Bonchev–Trinajstić information content (AvgIpc) is 2.48. The zero-order valence-corrected chi connectivity index (χ0v) is 12.2. The second kappa shape index (κ2) is 4.32. The summed E-state index contributed by atoms with van der Waals surface area (Å²) in [5.41, 5.74) is -2.31. The fraction of sp³-hybridized carbons (Fsp3) is 0.462. The summed E-state index contributed by atoms with van der Waals surface area (Å²) in [5.74, 6) is -0.760. The fourth-order valence-corrected chi connectivity index (χ4v) is 2.16. The second-order valence-corrected chi connectivity index (χ2v) is 5.99. The van der Waals surface area contributed by atoms with E-state index in [1.807, 2.05) is 0 Å². The van der Waals surface area contributed by atoms with E-state index in [4.69, 9.17) is 0 Å². The van der Waals surface area contributed by atoms with Crippen LogP contribution in [0.25, 0.3) is 0 Å². The molecule has 21 heavy (non-hydrogen) atoms. The zero-order valence-electron chi connectivity index (χ0n) is 12.2. The predicted molar refractivity (Wildman–Crippen MR) is 73.2 cm³/mol. The summed E-state index contributed by atoms with van der Waals surface area (Å²) in [5, 5.41) is 45.7. The molecule has 0 atom stereocenters. The largest absolute Gasteiger partial charge is 0.714 e. The van der Waals surface area contributed by atoms with E-state index < -0.39 is 27.4 Å². The van der Waals surface area contributed by atoms with E-state index in [0.717, 1.165) is 12.1 Å². The van der Waals surface area contributed by atoms with Gasteiger partial charge >= 0.3 is 11.5 Å². The number of phenolic OH excluding ortho intramolecular Hbond substituents is 1. The van der Waals surface area contributed by atoms with Crippen molar-refractivity contribution in [3.8, 4) is 5.75 Å². The molecule has 1 aromatic carbocycles. The average molecular weight is 294 g/mol. The van der Waals surface area contributed by atoms with Crippen LogP contribution in [0.2, 0.25) is 0 Å². The second-order valence-electron chi connectivity index (χ2n) is 5.99. The van der Waals surface area contributed by atoms with Crippen LogP contribution in [0.5, 0.6) is 5.75 Å². The smallest absolute Gasteiger partial charge is 0.316 e. The first kappa shape index (κ1) is 15.0. The van der Waals surface area contributed by atoms with Gasteiger partial charge in [-0.3, -0.25) is 14.9 Å². The van der Waals surface area contributed by atoms with Crippen molar-refractivity contribution in [3.05, 3.63) is 39.1 Å². The van der Waals surface area contributed by atoms with Gasteiger partial charge in [-0.15, -0.1) is 0 Å². The SMILES string of the molecule is CC1(C)N([O])C(c2ccc([N+](=O)[O-])c(O)c2)=[N+]([O-])C1(C)C. The molecule has 0 bridgehead atoms. The molecule has 0 amide bonds. The standard InChI is InChI=1S/C13H16N3O5/c1-12(2)13(3,4)15(19)11(14(12)18)8-5-6-9(16(20)21)10(17)7-8/h5-7,17H,1-4H3. The van der Waals surface area contributed by atoms with Gasteiger partial charge in [-0.25, -0.2) is 0 Å². The first-order chi connectivity index (χ1) is 9.51. The number of phenols is 1. The Morgan fingerprint density at radius 1 is 1.29 bits per heavy atom. The van der Waals surface area contributed by atoms with E-state index in [9.17, 15) is 25.6 Å². The molecular weight excluding hydrogens is 278 g/mol. The molecule has 1 radical (unpaired) electrons. The Morgan fingerprint density at radius 2 is 1.86 bits per heavy atom. The van der Waals surface area contributed by atoms with Gasteiger partial charge in [-0.05, 0) is 33.8 Å². The Hall–Kier alpha value is -2.35. The maximum absolute atomic E-state index is 12.4. The molecule has 1 aliphatic rings. The molecule has 0 aromatic heterocycles. The monoisotopic (exact) mass is 294 g/mol. The molecule has 113 valence electrons. The van der Waals surface area contributed by atoms with Gasteiger partial charge in [0.2, 0.25) is 0 Å². The number of rotatable bonds is 2. The van der Waals surface area contributed by atoms with Gasteiger partial charge in [-0.2, -0.15) is 0 Å². The Morgan fingerprint density at radius 3 is 2.24 bits per heavy atom. The molecule has 1 aromatic rings. The molecule has 1 heterocycles. The van der Waals surface area contributed by atoms with E-state index in [1.165, 1.54) is 6.07 Å². The molecule has 1 N–H and O–H groups in total. The number of nitro groups is 1. The van der Waals surface area contributed by atoms with Crippen molar-refractivity contribution in [1.29, 1.82) is 0 Å². The lowest BCUT2D eigenvalue weighted by Crippen LogP contribution is -2.53. The number of hydroxylamine groups is 3. The van der Waals surface area contributed by atoms with Gasteiger partial charge in [0.1, 0.15) is 5.54 Å². The zero-order chi connectivity index (χ0) is 16.2. The van der Waals surface area contributed by atoms with Crippen LogP contribution in [0.3, 0.4) is 0 Å². The van der Waals surface area contributed by atoms with Gasteiger partial charge in [0.15, 0.2) is 11.3 Å². The Kier molecular flexibility index (Phi) is 3.10. The third kappa shape index (κ3) is 1.90. The third-order valence-electron chi connectivity index (χ3n) is 4.33. The molecule has 2 rings (SSSR count). The summed E-state index contributed by atoms with van der Waals surface area (Å²) in [6, 6.07) is 3.40. The van der Waals surface area contributed by atoms with Crippen molar-refractivity contribution in [3.63, 3.8) is 0 Å². The number of hydrogen-bond donors (Lipinski definition) is 1. The van der Waals surface area contributed by atoms with Crippen molar-refractivity contribution in [1.82, 2.24) is 5.06 Å². The summed E-state index contributed by atoms with van der Waals surface area (Å²) >= 11 is 0. The van der Waals surface area contributed by atoms with Crippen LogP contribution in [0.15, 0.2) is 18.2 Å². The minimum absolute atomic E-state index is 0.141. The lowest BCUT2D eigenvalue weighted by atomic mass is 9.84. The van der Waals surface area contributed by atoms with Gasteiger partial charge < -0.3 is 10.3 Å². The first-order valence-electron chi connectivity index (χ1n) is 6.31. The fourth-order valence-electron chi connectivity index (χ4n) is 2.16. The Bertz CT molecular complexity index is 651. The molecular formula is C13H16N3O5. The molecule has 0 fully saturated rings. The van der Waals surface area contributed by atoms with Crippen LogP contribution in [-0.4, -0.2) is 36.7 Å². The summed E-state index contributed by atoms with van der Waals surface area (Å²) in [6.45, 7) is 6.57. The van der Waals surface area contributed by atoms with Crippen LogP contribution >= 0.6 is 0 Å². The van der Waals surface area contributed by atoms with Gasteiger partial charge in [-0.1, -0.05) is 5.06 Å². The van der Waals surface area contributed by atoms with Crippen LogP contribution in [0.1, 0.15) is 33.3 Å². The van der Waals surface area contributed by atoms with Crippen molar-refractivity contribution in [2.24, 2.45) is 0 Å². The number of amidine groups is 1. The van der Waals surface area contributed by atoms with Crippen LogP contribution < -0.4 is 0 Å². The van der Waals surface area contributed by atoms with Gasteiger partial charge in [0.25, 0.3) is 0 Å². The number of hydrogen-bond acceptors (Lipinski definition) is 5. The van der Waals surface area contributed by atoms with Crippen molar-refractivity contribution in [2.75, 3.05) is 0 Å². The summed E-state index contributed by atoms with van der Waals surface area (Å²) < 4.78 is 0.584. The maximum atomic E-state index is 12.4. The van der Waals surface area contributed by atoms with E-state index >= 15 is 0 Å². The number of benzene rings is 1. The molecule has 0 aliphatic carbocycles. The minimum atomic E-state index is -0.985. The lowest BCUT2D eigenvalue weighted by Gasteiger charge is -2.32. The molecule has 8 heteroatoms. The van der Waals surface area contributed by atoms with Crippen molar-refractivity contribution in [2.45, 2.75) is 38.8 Å². The highest BCUT2D eigenvalue weighted by Gasteiger charge is 2.60. The quantitative estimate of drug-likeness (QED) is 0.386. The first-order valence-corrected chi connectivity index (χ1v) is 6.31. The third-order valence-corrected chi connectivity index (χ3v) is 4.33. The summed E-state index contributed by atoms with van der Waals surface area (Å²) in [7, 11) is 0. The molecule has 0 unspecified atom stereocenters. The molecule has 0 saturated carbocycles. The van der Waals surface area contributed by atoms with Gasteiger partial charge in [0, 0.05) is 17.3 Å². The minimum Gasteiger partial charge on any atom is -0.714 e. The molecule has 0 saturated heterocycles. The maximum Gasteiger partial charge on any atom is 0.316 e. The van der Waals surface area contributed by atoms with Crippen LogP contribution in [-0.2, 0) is 5.21 Å². The summed E-state index contributed by atoms with van der Waals surface area (Å²) in [4.78, 5) is 9.94. The van der Waals surface area contributed by atoms with E-state index in [0.29, 0.717) is 9.80 Å². The normalized spacial score (nSPS) is 20.0. The highest BCUT2D eigenvalue weighted by molar-refractivity contribution is 5.96. The number of nitro benzene ring substituents is 1. The van der Waals surface area contributed by atoms with Crippen LogP contribution in [0.4, 0.5) is 5.69 Å². The predicted octanol–water partition coefficient (Wildman–Crippen LogP) is 1.78. The van der Waals surface area contributed by atoms with E-state index in [1.54, 1.807) is 27.7 Å². The van der Waals surface area contributed by atoms with E-state index in [2.05, 4.69) is 0 Å².